The third-order valence-corrected chi connectivity index (χ3v) is 4.16. The standard InChI is InChI=1S/C15H17NO2/c17-14-9-13(15(18)16-14)12-8-4-2-6-10-5-1-3-7-11(10)12/h1,3,5,7,12-13H,2,4,6,8-9H2,(H,16,17,18). The molecule has 1 heterocycles. The highest BCUT2D eigenvalue weighted by atomic mass is 16.2. The second kappa shape index (κ2) is 4.56. The maximum atomic E-state index is 11.9. The van der Waals surface area contributed by atoms with Gasteiger partial charge in [0, 0.05) is 6.42 Å². The highest BCUT2D eigenvalue weighted by molar-refractivity contribution is 6.03. The van der Waals surface area contributed by atoms with Crippen LogP contribution in [-0.2, 0) is 16.0 Å². The summed E-state index contributed by atoms with van der Waals surface area (Å²) >= 11 is 0. The van der Waals surface area contributed by atoms with Gasteiger partial charge < -0.3 is 0 Å². The number of fused-ring (bicyclic) bond motifs is 1. The van der Waals surface area contributed by atoms with Crippen molar-refractivity contribution in [3.8, 4) is 0 Å². The normalized spacial score (nSPS) is 27.6. The van der Waals surface area contributed by atoms with Gasteiger partial charge in [-0.25, -0.2) is 0 Å². The number of benzene rings is 1. The summed E-state index contributed by atoms with van der Waals surface area (Å²) in [6.45, 7) is 0. The highest BCUT2D eigenvalue weighted by Crippen LogP contribution is 2.38. The highest BCUT2D eigenvalue weighted by Gasteiger charge is 2.38. The fourth-order valence-corrected chi connectivity index (χ4v) is 3.28. The summed E-state index contributed by atoms with van der Waals surface area (Å²) < 4.78 is 0. The number of imide groups is 1. The molecule has 2 atom stereocenters. The molecule has 3 rings (SSSR count). The Morgan fingerprint density at radius 2 is 1.89 bits per heavy atom. The van der Waals surface area contributed by atoms with Crippen LogP contribution in [0, 0.1) is 5.92 Å². The number of carbonyl (C=O) groups is 2. The minimum absolute atomic E-state index is 0.0818. The fourth-order valence-electron chi connectivity index (χ4n) is 3.28. The van der Waals surface area contributed by atoms with E-state index in [2.05, 4.69) is 23.5 Å². The molecule has 3 heteroatoms. The largest absolute Gasteiger partial charge is 0.296 e. The van der Waals surface area contributed by atoms with Gasteiger partial charge in [-0.1, -0.05) is 30.7 Å². The van der Waals surface area contributed by atoms with Crippen LogP contribution in [-0.4, -0.2) is 11.8 Å². The minimum atomic E-state index is -0.156. The van der Waals surface area contributed by atoms with E-state index in [0.717, 1.165) is 19.3 Å². The Kier molecular flexibility index (Phi) is 2.90. The summed E-state index contributed by atoms with van der Waals surface area (Å²) in [4.78, 5) is 23.2. The van der Waals surface area contributed by atoms with Gasteiger partial charge >= 0.3 is 0 Å². The van der Waals surface area contributed by atoms with Gasteiger partial charge in [0.05, 0.1) is 5.92 Å². The van der Waals surface area contributed by atoms with Gasteiger partial charge in [0.25, 0.3) is 0 Å². The van der Waals surface area contributed by atoms with Gasteiger partial charge in [0.2, 0.25) is 11.8 Å². The quantitative estimate of drug-likeness (QED) is 0.607. The molecular formula is C15H17NO2. The van der Waals surface area contributed by atoms with E-state index in [4.69, 9.17) is 0 Å². The molecule has 2 amide bonds. The Bertz CT molecular complexity index is 495. The van der Waals surface area contributed by atoms with Gasteiger partial charge in [-0.2, -0.15) is 0 Å². The maximum Gasteiger partial charge on any atom is 0.230 e. The summed E-state index contributed by atoms with van der Waals surface area (Å²) in [5.74, 6) is -0.139. The van der Waals surface area contributed by atoms with Crippen molar-refractivity contribution in [2.75, 3.05) is 0 Å². The third-order valence-electron chi connectivity index (χ3n) is 4.16. The van der Waals surface area contributed by atoms with Gasteiger partial charge in [-0.15, -0.1) is 0 Å². The van der Waals surface area contributed by atoms with Crippen molar-refractivity contribution in [1.82, 2.24) is 5.32 Å². The lowest BCUT2D eigenvalue weighted by Gasteiger charge is -2.21. The van der Waals surface area contributed by atoms with Crippen molar-refractivity contribution in [1.29, 1.82) is 0 Å². The molecule has 0 aromatic heterocycles. The lowest BCUT2D eigenvalue weighted by Crippen LogP contribution is -2.25. The van der Waals surface area contributed by atoms with Crippen LogP contribution in [0.1, 0.15) is 42.7 Å². The van der Waals surface area contributed by atoms with Crippen LogP contribution in [0.15, 0.2) is 24.3 Å². The summed E-state index contributed by atoms with van der Waals surface area (Å²) in [5.41, 5.74) is 2.64. The molecule has 1 aromatic rings. The summed E-state index contributed by atoms with van der Waals surface area (Å²) in [5, 5.41) is 2.44. The molecule has 0 saturated carbocycles. The molecule has 18 heavy (non-hydrogen) atoms. The molecule has 1 aliphatic carbocycles. The van der Waals surface area contributed by atoms with Crippen molar-refractivity contribution in [3.05, 3.63) is 35.4 Å². The molecule has 1 saturated heterocycles. The van der Waals surface area contributed by atoms with Crippen molar-refractivity contribution < 1.29 is 9.59 Å². The van der Waals surface area contributed by atoms with Crippen LogP contribution in [0.5, 0.6) is 0 Å². The monoisotopic (exact) mass is 243 g/mol. The third kappa shape index (κ3) is 1.94. The van der Waals surface area contributed by atoms with E-state index in [-0.39, 0.29) is 23.7 Å². The van der Waals surface area contributed by atoms with Crippen molar-refractivity contribution in [2.24, 2.45) is 5.92 Å². The molecule has 2 unspecified atom stereocenters. The number of aryl methyl sites for hydroxylation is 1. The number of hydrogen-bond donors (Lipinski definition) is 1. The van der Waals surface area contributed by atoms with Crippen LogP contribution < -0.4 is 5.32 Å². The van der Waals surface area contributed by atoms with Crippen molar-refractivity contribution in [3.63, 3.8) is 0 Å². The van der Waals surface area contributed by atoms with Gasteiger partial charge in [0.1, 0.15) is 0 Å². The second-order valence-electron chi connectivity index (χ2n) is 5.27. The number of hydrogen-bond acceptors (Lipinski definition) is 2. The molecule has 1 aromatic carbocycles. The van der Waals surface area contributed by atoms with Gasteiger partial charge in [-0.3, -0.25) is 14.9 Å². The molecule has 2 aliphatic rings. The average Bonchev–Trinajstić information content (AvgIpc) is 2.60. The zero-order valence-corrected chi connectivity index (χ0v) is 10.3. The Morgan fingerprint density at radius 3 is 2.67 bits per heavy atom. The Balaban J connectivity index is 1.97. The number of nitrogens with one attached hydrogen (secondary N) is 1. The molecule has 1 fully saturated rings. The zero-order chi connectivity index (χ0) is 12.5. The SMILES string of the molecule is O=C1CC(C2CCCCc3ccccc32)C(=O)N1. The number of rotatable bonds is 1. The van der Waals surface area contributed by atoms with Gasteiger partial charge in [-0.05, 0) is 36.3 Å². The summed E-state index contributed by atoms with van der Waals surface area (Å²) in [7, 11) is 0. The Hall–Kier alpha value is -1.64. The van der Waals surface area contributed by atoms with Crippen LogP contribution >= 0.6 is 0 Å². The van der Waals surface area contributed by atoms with Crippen LogP contribution in [0.4, 0.5) is 0 Å². The van der Waals surface area contributed by atoms with E-state index in [1.807, 2.05) is 6.07 Å². The maximum absolute atomic E-state index is 11.9. The first-order valence-electron chi connectivity index (χ1n) is 6.67. The zero-order valence-electron chi connectivity index (χ0n) is 10.3. The van der Waals surface area contributed by atoms with Crippen LogP contribution in [0.2, 0.25) is 0 Å². The van der Waals surface area contributed by atoms with Crippen molar-refractivity contribution in [2.45, 2.75) is 38.0 Å². The van der Waals surface area contributed by atoms with Crippen LogP contribution in [0.3, 0.4) is 0 Å². The second-order valence-corrected chi connectivity index (χ2v) is 5.27. The molecule has 94 valence electrons. The number of amides is 2. The molecule has 0 radical (unpaired) electrons. The summed E-state index contributed by atoms with van der Waals surface area (Å²) in [6, 6.07) is 8.37. The summed E-state index contributed by atoms with van der Waals surface area (Å²) in [6.07, 6.45) is 4.78. The molecule has 3 nitrogen and oxygen atoms in total. The minimum Gasteiger partial charge on any atom is -0.296 e. The van der Waals surface area contributed by atoms with E-state index < -0.39 is 0 Å². The lowest BCUT2D eigenvalue weighted by molar-refractivity contribution is -0.126. The molecule has 1 N–H and O–H groups in total. The molecule has 1 aliphatic heterocycles. The first kappa shape index (κ1) is 11.5. The van der Waals surface area contributed by atoms with E-state index in [1.165, 1.54) is 17.5 Å². The molecule has 0 spiro atoms. The predicted octanol–water partition coefficient (Wildman–Crippen LogP) is 2.16. The topological polar surface area (TPSA) is 46.2 Å². The van der Waals surface area contributed by atoms with E-state index in [0.29, 0.717) is 6.42 Å². The van der Waals surface area contributed by atoms with Gasteiger partial charge in [0.15, 0.2) is 0 Å². The Morgan fingerprint density at radius 1 is 1.06 bits per heavy atom. The van der Waals surface area contributed by atoms with E-state index in [9.17, 15) is 9.59 Å². The smallest absolute Gasteiger partial charge is 0.230 e. The first-order chi connectivity index (χ1) is 8.75. The van der Waals surface area contributed by atoms with E-state index >= 15 is 0 Å². The molecule has 0 bridgehead atoms. The number of carbonyl (C=O) groups excluding carboxylic acids is 2. The van der Waals surface area contributed by atoms with E-state index in [1.54, 1.807) is 0 Å². The Labute approximate surface area is 107 Å². The predicted molar refractivity (Wildman–Crippen MR) is 68.0 cm³/mol. The average molecular weight is 243 g/mol. The van der Waals surface area contributed by atoms with Crippen molar-refractivity contribution >= 4 is 11.8 Å². The lowest BCUT2D eigenvalue weighted by atomic mass is 9.81. The first-order valence-corrected chi connectivity index (χ1v) is 6.67. The van der Waals surface area contributed by atoms with Crippen LogP contribution in [0.25, 0.3) is 0 Å². The fraction of sp³-hybridized carbons (Fsp3) is 0.467. The molecular weight excluding hydrogens is 226 g/mol.